The number of likely N-dealkylation sites (N-methyl/N-ethyl adjacent to an activating group) is 1. The van der Waals surface area contributed by atoms with Crippen molar-refractivity contribution in [3.05, 3.63) is 71.0 Å². The van der Waals surface area contributed by atoms with Gasteiger partial charge in [-0.25, -0.2) is 14.4 Å². The summed E-state index contributed by atoms with van der Waals surface area (Å²) in [7, 11) is 3.50. The number of esters is 3. The summed E-state index contributed by atoms with van der Waals surface area (Å²) >= 11 is 0. The Hall–Kier alpha value is -4.46. The second kappa shape index (κ2) is 11.7. The molecule has 13 heteroatoms. The molecule has 46 heavy (non-hydrogen) atoms. The molecule has 2 aromatic carbocycles. The number of carboxylic acid groups (broad SMARTS) is 1. The molecule has 0 radical (unpaired) electrons. The van der Waals surface area contributed by atoms with E-state index in [1.165, 1.54) is 19.2 Å². The number of hydrogen-bond acceptors (Lipinski definition) is 12. The van der Waals surface area contributed by atoms with Gasteiger partial charge in [-0.15, -0.1) is 0 Å². The second-order valence-electron chi connectivity index (χ2n) is 12.1. The Kier molecular flexibility index (Phi) is 8.03. The SMILES string of the molecule is COc1ccc2c3c1O[C@H]1C(OC(=O)C[C@H](O)C(=O)O[C@H](C(=O)O[C@@H](C)C(=O)O)c4ccccc4)=CC[C@@]4(O)[C@H](C2)N(C)CC[C@]314. The van der Waals surface area contributed by atoms with Crippen LogP contribution < -0.4 is 9.47 Å². The number of aliphatic hydroxyl groups excluding tert-OH is 1. The van der Waals surface area contributed by atoms with E-state index in [9.17, 15) is 29.4 Å². The van der Waals surface area contributed by atoms with Crippen LogP contribution in [0.15, 0.2) is 54.3 Å². The van der Waals surface area contributed by atoms with Gasteiger partial charge in [-0.3, -0.25) is 4.79 Å². The van der Waals surface area contributed by atoms with Gasteiger partial charge in [-0.05, 0) is 51.1 Å². The lowest BCUT2D eigenvalue weighted by molar-refractivity contribution is -0.181. The summed E-state index contributed by atoms with van der Waals surface area (Å²) in [6.07, 6.45) is -4.01. The Labute approximate surface area is 264 Å². The zero-order valence-corrected chi connectivity index (χ0v) is 25.5. The third-order valence-corrected chi connectivity index (χ3v) is 9.61. The lowest BCUT2D eigenvalue weighted by atomic mass is 9.50. The maximum atomic E-state index is 13.1. The molecule has 6 rings (SSSR count). The van der Waals surface area contributed by atoms with Crippen molar-refractivity contribution in [2.45, 2.75) is 74.1 Å². The number of piperidine rings is 1. The molecule has 2 aliphatic carbocycles. The van der Waals surface area contributed by atoms with Crippen LogP contribution in [0.1, 0.15) is 49.0 Å². The molecule has 2 heterocycles. The van der Waals surface area contributed by atoms with Crippen LogP contribution in [-0.4, -0.2) is 94.8 Å². The summed E-state index contributed by atoms with van der Waals surface area (Å²) in [5.41, 5.74) is -0.0864. The van der Waals surface area contributed by atoms with Crippen molar-refractivity contribution < 1.29 is 58.2 Å². The monoisotopic (exact) mass is 637 g/mol. The molecule has 1 fully saturated rings. The molecule has 1 spiro atoms. The second-order valence-corrected chi connectivity index (χ2v) is 12.1. The Morgan fingerprint density at radius 2 is 1.83 bits per heavy atom. The number of carbonyl (C=O) groups excluding carboxylic acids is 3. The molecular formula is C33H35NO12. The first kappa shape index (κ1) is 31.5. The molecule has 0 amide bonds. The van der Waals surface area contributed by atoms with Crippen LogP contribution in [0, 0.1) is 0 Å². The minimum absolute atomic E-state index is 0.151. The topological polar surface area (TPSA) is 178 Å². The first-order valence-corrected chi connectivity index (χ1v) is 15.0. The van der Waals surface area contributed by atoms with Crippen molar-refractivity contribution in [1.29, 1.82) is 0 Å². The number of aliphatic carboxylic acids is 1. The number of methoxy groups -OCH3 is 1. The average molecular weight is 638 g/mol. The Balaban J connectivity index is 1.19. The van der Waals surface area contributed by atoms with Crippen LogP contribution in [0.5, 0.6) is 11.5 Å². The van der Waals surface area contributed by atoms with Gasteiger partial charge in [0.1, 0.15) is 5.76 Å². The van der Waals surface area contributed by atoms with E-state index in [0.29, 0.717) is 30.9 Å². The maximum absolute atomic E-state index is 13.1. The predicted molar refractivity (Wildman–Crippen MR) is 157 cm³/mol. The zero-order chi connectivity index (χ0) is 33.0. The molecule has 0 aromatic heterocycles. The highest BCUT2D eigenvalue weighted by Gasteiger charge is 2.72. The number of carbonyl (C=O) groups is 4. The van der Waals surface area contributed by atoms with Gasteiger partial charge in [-0.2, -0.15) is 0 Å². The van der Waals surface area contributed by atoms with Gasteiger partial charge >= 0.3 is 23.9 Å². The van der Waals surface area contributed by atoms with Crippen LogP contribution >= 0.6 is 0 Å². The average Bonchev–Trinajstić information content (AvgIpc) is 3.39. The number of nitrogens with zero attached hydrogens (tertiary/aromatic N) is 1. The van der Waals surface area contributed by atoms with Gasteiger partial charge in [0.05, 0.1) is 24.5 Å². The van der Waals surface area contributed by atoms with Crippen molar-refractivity contribution >= 4 is 23.9 Å². The number of aliphatic hydroxyl groups is 2. The number of rotatable bonds is 10. The minimum atomic E-state index is -2.03. The first-order chi connectivity index (χ1) is 21.9. The number of hydrogen-bond donors (Lipinski definition) is 3. The molecule has 4 aliphatic rings. The van der Waals surface area contributed by atoms with Crippen LogP contribution in [-0.2, 0) is 45.2 Å². The Bertz CT molecular complexity index is 1610. The van der Waals surface area contributed by atoms with Gasteiger partial charge in [-0.1, -0.05) is 36.4 Å². The van der Waals surface area contributed by atoms with E-state index in [4.69, 9.17) is 28.8 Å². The molecule has 0 saturated carbocycles. The van der Waals surface area contributed by atoms with Gasteiger partial charge in [0.25, 0.3) is 0 Å². The lowest BCUT2D eigenvalue weighted by Crippen LogP contribution is -2.74. The molecule has 13 nitrogen and oxygen atoms in total. The summed E-state index contributed by atoms with van der Waals surface area (Å²) < 4.78 is 27.9. The molecule has 0 unspecified atom stereocenters. The van der Waals surface area contributed by atoms with E-state index in [1.54, 1.807) is 24.3 Å². The van der Waals surface area contributed by atoms with Crippen LogP contribution in [0.3, 0.4) is 0 Å². The maximum Gasteiger partial charge on any atom is 0.353 e. The fourth-order valence-corrected chi connectivity index (χ4v) is 7.36. The van der Waals surface area contributed by atoms with E-state index >= 15 is 0 Å². The van der Waals surface area contributed by atoms with Crippen molar-refractivity contribution in [1.82, 2.24) is 4.90 Å². The third kappa shape index (κ3) is 4.89. The van der Waals surface area contributed by atoms with Crippen LogP contribution in [0.4, 0.5) is 0 Å². The highest BCUT2D eigenvalue weighted by Crippen LogP contribution is 2.65. The molecule has 1 saturated heterocycles. The summed E-state index contributed by atoms with van der Waals surface area (Å²) in [5, 5.41) is 32.0. The molecule has 2 aliphatic heterocycles. The first-order valence-electron chi connectivity index (χ1n) is 15.0. The van der Waals surface area contributed by atoms with Gasteiger partial charge in [0.15, 0.2) is 29.8 Å². The highest BCUT2D eigenvalue weighted by molar-refractivity contribution is 5.86. The fraction of sp³-hybridized carbons (Fsp3) is 0.455. The quantitative estimate of drug-likeness (QED) is 0.253. The van der Waals surface area contributed by atoms with Gasteiger partial charge in [0.2, 0.25) is 6.10 Å². The van der Waals surface area contributed by atoms with Crippen molar-refractivity contribution in [3.8, 4) is 11.5 Å². The summed E-state index contributed by atoms with van der Waals surface area (Å²) in [6, 6.07) is 11.3. The standard InChI is InChI=1S/C33H35NO12/c1-17(29(37)38)43-31(40)26(18-7-5-4-6-8-18)46-30(39)20(35)16-24(36)44-22-11-12-33(41)23-15-19-9-10-21(42-3)27-25(19)32(33,28(22)45-27)13-14-34(23)2/h4-11,17,20,23,26,28,35,41H,12-16H2,1-3H3,(H,37,38)/t17-,20-,23-,26-,28-,32-,33+/m0/s1. The molecule has 7 atom stereocenters. The van der Waals surface area contributed by atoms with E-state index < -0.39 is 65.7 Å². The normalized spacial score (nSPS) is 27.5. The number of carboxylic acids is 1. The van der Waals surface area contributed by atoms with Crippen LogP contribution in [0.25, 0.3) is 0 Å². The van der Waals surface area contributed by atoms with Crippen molar-refractivity contribution in [3.63, 3.8) is 0 Å². The summed E-state index contributed by atoms with van der Waals surface area (Å²) in [5.74, 6) is -3.72. The lowest BCUT2D eigenvalue weighted by Gasteiger charge is -2.61. The smallest absolute Gasteiger partial charge is 0.353 e. The molecule has 2 bridgehead atoms. The predicted octanol–water partition coefficient (Wildman–Crippen LogP) is 1.57. The Morgan fingerprint density at radius 3 is 2.52 bits per heavy atom. The van der Waals surface area contributed by atoms with E-state index in [2.05, 4.69) is 4.90 Å². The molecular weight excluding hydrogens is 602 g/mol. The van der Waals surface area contributed by atoms with Gasteiger partial charge < -0.3 is 43.9 Å². The fourth-order valence-electron chi connectivity index (χ4n) is 7.36. The zero-order valence-electron chi connectivity index (χ0n) is 25.5. The van der Waals surface area contributed by atoms with Crippen LogP contribution in [0.2, 0.25) is 0 Å². The van der Waals surface area contributed by atoms with Crippen molar-refractivity contribution in [2.24, 2.45) is 0 Å². The third-order valence-electron chi connectivity index (χ3n) is 9.61. The number of benzene rings is 2. The van der Waals surface area contributed by atoms with E-state index in [-0.39, 0.29) is 23.8 Å². The minimum Gasteiger partial charge on any atom is -0.493 e. The summed E-state index contributed by atoms with van der Waals surface area (Å²) in [4.78, 5) is 52.1. The van der Waals surface area contributed by atoms with E-state index in [1.807, 2.05) is 19.2 Å². The van der Waals surface area contributed by atoms with Crippen molar-refractivity contribution in [2.75, 3.05) is 20.7 Å². The molecule has 3 N–H and O–H groups in total. The van der Waals surface area contributed by atoms with Gasteiger partial charge in [0, 0.05) is 23.6 Å². The highest BCUT2D eigenvalue weighted by atomic mass is 16.6. The molecule has 244 valence electrons. The Morgan fingerprint density at radius 1 is 1.09 bits per heavy atom. The molecule has 2 aromatic rings. The number of likely N-dealkylation sites (tertiary alicyclic amines) is 1. The summed E-state index contributed by atoms with van der Waals surface area (Å²) in [6.45, 7) is 1.81. The largest absolute Gasteiger partial charge is 0.493 e. The van der Waals surface area contributed by atoms with E-state index in [0.717, 1.165) is 18.1 Å². The number of ether oxygens (including phenoxy) is 5.